The van der Waals surface area contributed by atoms with E-state index in [2.05, 4.69) is 124 Å². The van der Waals surface area contributed by atoms with Crippen LogP contribution in [0.5, 0.6) is 0 Å². The number of hydrogen-bond acceptors (Lipinski definition) is 1. The molecule has 0 saturated carbocycles. The molecule has 0 radical (unpaired) electrons. The van der Waals surface area contributed by atoms with Gasteiger partial charge >= 0.3 is 0 Å². The quantitative estimate of drug-likeness (QED) is 0.367. The molecule has 2 nitrogen and oxygen atoms in total. The SMILES string of the molecule is Brc1cccc([Si]2(c3ccccc3)c3ccccc3-n3c2nc2ccccc23)c1. The van der Waals surface area contributed by atoms with Crippen molar-refractivity contribution in [2.75, 3.05) is 0 Å². The van der Waals surface area contributed by atoms with Crippen molar-refractivity contribution < 1.29 is 0 Å². The fraction of sp³-hybridized carbons (Fsp3) is 0. The van der Waals surface area contributed by atoms with Gasteiger partial charge in [-0.05, 0) is 45.9 Å². The van der Waals surface area contributed by atoms with Gasteiger partial charge in [0.1, 0.15) is 5.45 Å². The van der Waals surface area contributed by atoms with Crippen LogP contribution in [-0.4, -0.2) is 17.6 Å². The molecular formula is C25H17BrN2Si. The second kappa shape index (κ2) is 6.27. The normalized spacial score (nSPS) is 17.3. The fourth-order valence-electron chi connectivity index (χ4n) is 4.77. The van der Waals surface area contributed by atoms with Crippen LogP contribution >= 0.6 is 15.9 Å². The molecule has 1 aliphatic rings. The molecular weight excluding hydrogens is 436 g/mol. The first-order chi connectivity index (χ1) is 14.3. The van der Waals surface area contributed by atoms with Gasteiger partial charge in [0.15, 0.2) is 0 Å². The molecule has 0 spiro atoms. The maximum Gasteiger partial charge on any atom is 0.226 e. The number of rotatable bonds is 2. The molecule has 0 aliphatic carbocycles. The van der Waals surface area contributed by atoms with Gasteiger partial charge in [-0.25, -0.2) is 4.98 Å². The van der Waals surface area contributed by atoms with E-state index in [1.807, 2.05) is 0 Å². The molecule has 5 aromatic rings. The van der Waals surface area contributed by atoms with E-state index < -0.39 is 8.07 Å². The van der Waals surface area contributed by atoms with Crippen molar-refractivity contribution >= 4 is 56.0 Å². The summed E-state index contributed by atoms with van der Waals surface area (Å²) in [6.45, 7) is 0. The van der Waals surface area contributed by atoms with Crippen LogP contribution in [-0.2, 0) is 0 Å². The fourth-order valence-corrected chi connectivity index (χ4v) is 10.3. The van der Waals surface area contributed by atoms with Gasteiger partial charge in [-0.2, -0.15) is 0 Å². The van der Waals surface area contributed by atoms with E-state index in [9.17, 15) is 0 Å². The minimum absolute atomic E-state index is 1.06. The Labute approximate surface area is 178 Å². The van der Waals surface area contributed by atoms with Gasteiger partial charge in [0, 0.05) is 10.2 Å². The lowest BCUT2D eigenvalue weighted by Gasteiger charge is -2.28. The molecule has 29 heavy (non-hydrogen) atoms. The molecule has 2 heterocycles. The van der Waals surface area contributed by atoms with Crippen LogP contribution in [0, 0.1) is 0 Å². The first-order valence-electron chi connectivity index (χ1n) is 9.69. The van der Waals surface area contributed by atoms with Gasteiger partial charge in [-0.1, -0.05) is 88.7 Å². The van der Waals surface area contributed by atoms with Gasteiger partial charge in [0.2, 0.25) is 8.07 Å². The van der Waals surface area contributed by atoms with Crippen molar-refractivity contribution in [2.24, 2.45) is 0 Å². The summed E-state index contributed by atoms with van der Waals surface area (Å²) in [4.78, 5) is 5.25. The highest BCUT2D eigenvalue weighted by Crippen LogP contribution is 2.26. The van der Waals surface area contributed by atoms with E-state index in [1.54, 1.807) is 0 Å². The smallest absolute Gasteiger partial charge is 0.226 e. The Kier molecular flexibility index (Phi) is 3.67. The topological polar surface area (TPSA) is 17.8 Å². The standard InChI is InChI=1S/C25H17BrN2Si/c26-18-9-8-12-20(17-18)29(19-10-2-1-3-11-19)24-16-7-6-15-23(24)28-22-14-5-4-13-21(22)27-25(28)29/h1-17H. The summed E-state index contributed by atoms with van der Waals surface area (Å²) in [7, 11) is -2.52. The summed E-state index contributed by atoms with van der Waals surface area (Å²) < 4.78 is 3.50. The third-order valence-corrected chi connectivity index (χ3v) is 11.0. The van der Waals surface area contributed by atoms with Gasteiger partial charge in [-0.15, -0.1) is 0 Å². The second-order valence-electron chi connectivity index (χ2n) is 7.40. The van der Waals surface area contributed by atoms with Crippen LogP contribution in [0.3, 0.4) is 0 Å². The Balaban J connectivity index is 1.85. The highest BCUT2D eigenvalue weighted by Gasteiger charge is 2.51. The Morgan fingerprint density at radius 3 is 2.28 bits per heavy atom. The van der Waals surface area contributed by atoms with Crippen LogP contribution in [0.15, 0.2) is 108 Å². The number of benzene rings is 4. The van der Waals surface area contributed by atoms with Gasteiger partial charge in [-0.3, -0.25) is 4.57 Å². The van der Waals surface area contributed by atoms with Crippen molar-refractivity contribution in [3.05, 3.63) is 108 Å². The number of fused-ring (bicyclic) bond motifs is 5. The molecule has 1 unspecified atom stereocenters. The van der Waals surface area contributed by atoms with E-state index in [0.717, 1.165) is 9.99 Å². The van der Waals surface area contributed by atoms with Crippen molar-refractivity contribution in [1.82, 2.24) is 9.55 Å². The number of imidazole rings is 1. The summed E-state index contributed by atoms with van der Waals surface area (Å²) in [5, 5.41) is 4.11. The number of nitrogens with zero attached hydrogens (tertiary/aromatic N) is 2. The van der Waals surface area contributed by atoms with Gasteiger partial charge in [0.05, 0.1) is 11.0 Å². The average Bonchev–Trinajstić information content (AvgIpc) is 3.28. The van der Waals surface area contributed by atoms with Crippen molar-refractivity contribution in [1.29, 1.82) is 0 Å². The summed E-state index contributed by atoms with van der Waals surface area (Å²) in [6.07, 6.45) is 0. The van der Waals surface area contributed by atoms with E-state index in [1.165, 1.54) is 32.2 Å². The molecule has 0 saturated heterocycles. The monoisotopic (exact) mass is 452 g/mol. The Hall–Kier alpha value is -2.95. The minimum atomic E-state index is -2.52. The molecule has 1 atom stereocenters. The summed E-state index contributed by atoms with van der Waals surface area (Å²) in [5.74, 6) is 0. The van der Waals surface area contributed by atoms with E-state index in [0.29, 0.717) is 0 Å². The molecule has 4 aromatic carbocycles. The van der Waals surface area contributed by atoms with E-state index in [4.69, 9.17) is 4.98 Å². The maximum absolute atomic E-state index is 5.25. The third-order valence-electron chi connectivity index (χ3n) is 5.91. The number of aromatic nitrogens is 2. The van der Waals surface area contributed by atoms with Gasteiger partial charge < -0.3 is 0 Å². The first-order valence-corrected chi connectivity index (χ1v) is 12.5. The molecule has 1 aromatic heterocycles. The van der Waals surface area contributed by atoms with Crippen LogP contribution in [0.2, 0.25) is 0 Å². The Morgan fingerprint density at radius 2 is 1.41 bits per heavy atom. The van der Waals surface area contributed by atoms with Crippen molar-refractivity contribution in [3.63, 3.8) is 0 Å². The molecule has 1 aliphatic heterocycles. The van der Waals surface area contributed by atoms with E-state index >= 15 is 0 Å². The Morgan fingerprint density at radius 1 is 0.690 bits per heavy atom. The van der Waals surface area contributed by atoms with Crippen LogP contribution in [0.4, 0.5) is 0 Å². The largest absolute Gasteiger partial charge is 0.299 e. The van der Waals surface area contributed by atoms with E-state index in [-0.39, 0.29) is 0 Å². The molecule has 6 rings (SSSR count). The Bertz CT molecular complexity index is 1380. The maximum atomic E-state index is 5.25. The van der Waals surface area contributed by atoms with Crippen LogP contribution < -0.4 is 21.0 Å². The number of halogens is 1. The van der Waals surface area contributed by atoms with Crippen molar-refractivity contribution in [3.8, 4) is 5.69 Å². The zero-order valence-corrected chi connectivity index (χ0v) is 18.2. The molecule has 0 bridgehead atoms. The lowest BCUT2D eigenvalue weighted by atomic mass is 10.3. The molecule has 0 N–H and O–H groups in total. The summed E-state index contributed by atoms with van der Waals surface area (Å²) in [5.41, 5.74) is 4.67. The average molecular weight is 453 g/mol. The van der Waals surface area contributed by atoms with Crippen molar-refractivity contribution in [2.45, 2.75) is 0 Å². The number of para-hydroxylation sites is 3. The van der Waals surface area contributed by atoms with Gasteiger partial charge in [0.25, 0.3) is 0 Å². The van der Waals surface area contributed by atoms with Crippen LogP contribution in [0.1, 0.15) is 0 Å². The second-order valence-corrected chi connectivity index (χ2v) is 12.0. The summed E-state index contributed by atoms with van der Waals surface area (Å²) in [6, 6.07) is 37.1. The predicted octanol–water partition coefficient (Wildman–Crippen LogP) is 3.48. The van der Waals surface area contributed by atoms with Crippen LogP contribution in [0.25, 0.3) is 16.7 Å². The number of hydrogen-bond donors (Lipinski definition) is 0. The lowest BCUT2D eigenvalue weighted by Crippen LogP contribution is -2.73. The highest BCUT2D eigenvalue weighted by molar-refractivity contribution is 9.10. The highest BCUT2D eigenvalue weighted by atomic mass is 79.9. The lowest BCUT2D eigenvalue weighted by molar-refractivity contribution is 1.17. The molecule has 0 amide bonds. The minimum Gasteiger partial charge on any atom is -0.299 e. The zero-order chi connectivity index (χ0) is 19.4. The molecule has 138 valence electrons. The summed E-state index contributed by atoms with van der Waals surface area (Å²) >= 11 is 3.72. The zero-order valence-electron chi connectivity index (χ0n) is 15.6. The predicted molar refractivity (Wildman–Crippen MR) is 126 cm³/mol. The molecule has 0 fully saturated rings. The molecule has 4 heteroatoms. The first kappa shape index (κ1) is 17.0. The third kappa shape index (κ3) is 2.24.